The van der Waals surface area contributed by atoms with Crippen molar-refractivity contribution >= 4 is 18.3 Å². The predicted octanol–water partition coefficient (Wildman–Crippen LogP) is 2.49. The molecule has 0 saturated carbocycles. The van der Waals surface area contributed by atoms with E-state index in [2.05, 4.69) is 10.2 Å². The number of hydrogen-bond donors (Lipinski definition) is 3. The highest BCUT2D eigenvalue weighted by Crippen LogP contribution is 2.28. The van der Waals surface area contributed by atoms with Gasteiger partial charge < -0.3 is 19.5 Å². The lowest BCUT2D eigenvalue weighted by atomic mass is 10.2. The van der Waals surface area contributed by atoms with Crippen LogP contribution >= 0.6 is 0 Å². The highest BCUT2D eigenvalue weighted by atomic mass is 17.1. The molecule has 0 aliphatic rings. The number of aldehydes is 1. The van der Waals surface area contributed by atoms with E-state index < -0.39 is 23.7 Å². The number of nitrogens with zero attached hydrogens (tertiary/aromatic N) is 1. The van der Waals surface area contributed by atoms with Crippen molar-refractivity contribution in [3.8, 4) is 11.5 Å². The molecule has 11 nitrogen and oxygen atoms in total. The second-order valence-corrected chi connectivity index (χ2v) is 7.25. The van der Waals surface area contributed by atoms with E-state index >= 15 is 0 Å². The Kier molecular flexibility index (Phi) is 10.2. The minimum absolute atomic E-state index is 0.0237. The smallest absolute Gasteiger partial charge is 0.408 e. The topological polar surface area (TPSA) is 144 Å². The molecule has 0 saturated heterocycles. The molecule has 1 rings (SSSR count). The summed E-state index contributed by atoms with van der Waals surface area (Å²) in [6, 6.07) is 3.32. The van der Waals surface area contributed by atoms with Gasteiger partial charge in [-0.25, -0.2) is 9.59 Å². The molecule has 0 radical (unpaired) electrons. The van der Waals surface area contributed by atoms with E-state index in [1.165, 1.54) is 25.1 Å². The lowest BCUT2D eigenvalue weighted by Crippen LogP contribution is -2.43. The van der Waals surface area contributed by atoms with E-state index in [1.807, 2.05) is 0 Å². The van der Waals surface area contributed by atoms with E-state index in [0.29, 0.717) is 19.1 Å². The molecule has 0 heterocycles. The summed E-state index contributed by atoms with van der Waals surface area (Å²) < 4.78 is 16.0. The fourth-order valence-electron chi connectivity index (χ4n) is 2.07. The SMILES string of the molecule is CC(NC(=O)OC(C)(C)C)C(=O)Oc1cc(C=O)ccc1OCCCCON(O)O. The largest absolute Gasteiger partial charge is 0.490 e. The second kappa shape index (κ2) is 12.1. The van der Waals surface area contributed by atoms with Gasteiger partial charge in [0.05, 0.1) is 18.6 Å². The third-order valence-electron chi connectivity index (χ3n) is 3.40. The molecule has 1 atom stereocenters. The van der Waals surface area contributed by atoms with Gasteiger partial charge in [-0.05, 0) is 58.7 Å². The summed E-state index contributed by atoms with van der Waals surface area (Å²) in [5.74, 6) is -0.519. The number of carbonyl (C=O) groups excluding carboxylic acids is 3. The predicted molar refractivity (Wildman–Crippen MR) is 102 cm³/mol. The molecular weight excluding hydrogens is 400 g/mol. The summed E-state index contributed by atoms with van der Waals surface area (Å²) in [5, 5.41) is 18.9. The van der Waals surface area contributed by atoms with Crippen LogP contribution in [0.4, 0.5) is 4.79 Å². The number of esters is 1. The number of carbonyl (C=O) groups is 3. The van der Waals surface area contributed by atoms with Crippen LogP contribution < -0.4 is 14.8 Å². The zero-order valence-electron chi connectivity index (χ0n) is 17.4. The Morgan fingerprint density at radius 1 is 1.17 bits per heavy atom. The van der Waals surface area contributed by atoms with E-state index in [9.17, 15) is 14.4 Å². The van der Waals surface area contributed by atoms with Gasteiger partial charge in [0.15, 0.2) is 11.5 Å². The average Bonchev–Trinajstić information content (AvgIpc) is 2.63. The molecule has 1 amide bonds. The zero-order chi connectivity index (χ0) is 22.7. The quantitative estimate of drug-likeness (QED) is 0.158. The van der Waals surface area contributed by atoms with Crippen LogP contribution in [0.25, 0.3) is 0 Å². The molecular formula is C19H28N2O9. The lowest BCUT2D eigenvalue weighted by molar-refractivity contribution is -0.492. The first kappa shape index (κ1) is 25.3. The third kappa shape index (κ3) is 10.2. The van der Waals surface area contributed by atoms with Crippen molar-refractivity contribution in [2.45, 2.75) is 52.2 Å². The number of benzene rings is 1. The molecule has 1 unspecified atom stereocenters. The van der Waals surface area contributed by atoms with Crippen molar-refractivity contribution in [3.63, 3.8) is 0 Å². The van der Waals surface area contributed by atoms with Crippen LogP contribution in [0.1, 0.15) is 50.9 Å². The van der Waals surface area contributed by atoms with Crippen molar-refractivity contribution in [2.24, 2.45) is 0 Å². The van der Waals surface area contributed by atoms with Gasteiger partial charge in [0.1, 0.15) is 17.9 Å². The van der Waals surface area contributed by atoms with E-state index in [0.717, 1.165) is 0 Å². The average molecular weight is 428 g/mol. The molecule has 0 aromatic heterocycles. The standard InChI is InChI=1S/C19H28N2O9/c1-13(20-18(24)30-19(2,3)4)17(23)29-16-11-14(12-22)7-8-15(16)27-9-5-6-10-28-21(25)26/h7-8,11-13,25-26H,5-6,9-10H2,1-4H3,(H,20,24). The number of amides is 1. The van der Waals surface area contributed by atoms with Crippen LogP contribution in [0, 0.1) is 0 Å². The fourth-order valence-corrected chi connectivity index (χ4v) is 2.07. The van der Waals surface area contributed by atoms with Gasteiger partial charge in [0.25, 0.3) is 0 Å². The molecule has 0 aliphatic carbocycles. The summed E-state index contributed by atoms with van der Waals surface area (Å²) in [6.07, 6.45) is 0.802. The Morgan fingerprint density at radius 3 is 2.43 bits per heavy atom. The first-order valence-electron chi connectivity index (χ1n) is 9.26. The van der Waals surface area contributed by atoms with Crippen LogP contribution in [-0.4, -0.2) is 59.0 Å². The normalized spacial score (nSPS) is 12.2. The molecule has 30 heavy (non-hydrogen) atoms. The Bertz CT molecular complexity index is 716. The van der Waals surface area contributed by atoms with Crippen molar-refractivity contribution < 1.29 is 43.8 Å². The van der Waals surface area contributed by atoms with Crippen molar-refractivity contribution in [1.29, 1.82) is 0 Å². The molecule has 1 aromatic carbocycles. The van der Waals surface area contributed by atoms with E-state index in [4.69, 9.17) is 24.6 Å². The van der Waals surface area contributed by atoms with Gasteiger partial charge in [-0.2, -0.15) is 0 Å². The summed E-state index contributed by atoms with van der Waals surface area (Å²) in [5.41, 5.74) is -0.442. The van der Waals surface area contributed by atoms with Crippen molar-refractivity contribution in [1.82, 2.24) is 10.7 Å². The fraction of sp³-hybridized carbons (Fsp3) is 0.526. The van der Waals surface area contributed by atoms with Crippen LogP contribution in [-0.2, 0) is 14.4 Å². The van der Waals surface area contributed by atoms with E-state index in [-0.39, 0.29) is 35.7 Å². The maximum Gasteiger partial charge on any atom is 0.408 e. The Hall–Kier alpha value is -2.73. The summed E-state index contributed by atoms with van der Waals surface area (Å²) in [7, 11) is 0. The van der Waals surface area contributed by atoms with Crippen LogP contribution in [0.15, 0.2) is 18.2 Å². The number of rotatable bonds is 11. The molecule has 11 heteroatoms. The van der Waals surface area contributed by atoms with Gasteiger partial charge in [-0.15, -0.1) is 0 Å². The molecule has 1 aromatic rings. The third-order valence-corrected chi connectivity index (χ3v) is 3.40. The first-order valence-corrected chi connectivity index (χ1v) is 9.26. The molecule has 3 N–H and O–H groups in total. The molecule has 0 bridgehead atoms. The second-order valence-electron chi connectivity index (χ2n) is 7.25. The van der Waals surface area contributed by atoms with Crippen LogP contribution in [0.2, 0.25) is 0 Å². The monoisotopic (exact) mass is 428 g/mol. The number of nitrogens with one attached hydrogen (secondary N) is 1. The highest BCUT2D eigenvalue weighted by Gasteiger charge is 2.23. The Labute approximate surface area is 174 Å². The van der Waals surface area contributed by atoms with Crippen LogP contribution in [0.3, 0.4) is 0 Å². The minimum atomic E-state index is -1.01. The van der Waals surface area contributed by atoms with Gasteiger partial charge in [0, 0.05) is 5.56 Å². The van der Waals surface area contributed by atoms with Gasteiger partial charge in [-0.1, -0.05) is 0 Å². The lowest BCUT2D eigenvalue weighted by Gasteiger charge is -2.21. The summed E-state index contributed by atoms with van der Waals surface area (Å²) in [4.78, 5) is 39.6. The highest BCUT2D eigenvalue weighted by molar-refractivity contribution is 5.84. The summed E-state index contributed by atoms with van der Waals surface area (Å²) in [6.45, 7) is 6.80. The maximum atomic E-state index is 12.3. The van der Waals surface area contributed by atoms with Crippen LogP contribution in [0.5, 0.6) is 11.5 Å². The molecule has 0 fully saturated rings. The van der Waals surface area contributed by atoms with Crippen molar-refractivity contribution in [3.05, 3.63) is 23.8 Å². The van der Waals surface area contributed by atoms with Gasteiger partial charge >= 0.3 is 12.1 Å². The number of alkyl carbamates (subject to hydrolysis) is 1. The Morgan fingerprint density at radius 2 is 1.83 bits per heavy atom. The molecule has 168 valence electrons. The van der Waals surface area contributed by atoms with E-state index in [1.54, 1.807) is 20.8 Å². The summed E-state index contributed by atoms with van der Waals surface area (Å²) >= 11 is 0. The van der Waals surface area contributed by atoms with Crippen molar-refractivity contribution in [2.75, 3.05) is 13.2 Å². The Balaban J connectivity index is 2.68. The van der Waals surface area contributed by atoms with Gasteiger partial charge in [-0.3, -0.25) is 20.0 Å². The maximum absolute atomic E-state index is 12.3. The zero-order valence-corrected chi connectivity index (χ0v) is 17.4. The number of ether oxygens (including phenoxy) is 3. The van der Waals surface area contributed by atoms with Gasteiger partial charge in [0.2, 0.25) is 0 Å². The molecule has 0 spiro atoms. The number of hydrogen-bond acceptors (Lipinski definition) is 10. The number of unbranched alkanes of at least 4 members (excludes halogenated alkanes) is 1. The minimum Gasteiger partial charge on any atom is -0.490 e. The first-order chi connectivity index (χ1) is 14.0. The molecule has 0 aliphatic heterocycles.